The van der Waals surface area contributed by atoms with Gasteiger partial charge in [-0.3, -0.25) is 4.79 Å². The van der Waals surface area contributed by atoms with Crippen LogP contribution in [0.4, 0.5) is 4.79 Å². The van der Waals surface area contributed by atoms with Gasteiger partial charge in [0, 0.05) is 19.1 Å². The van der Waals surface area contributed by atoms with E-state index < -0.39 is 5.97 Å². The van der Waals surface area contributed by atoms with Gasteiger partial charge in [-0.15, -0.1) is 0 Å². The number of hydrogen-bond donors (Lipinski definition) is 2. The van der Waals surface area contributed by atoms with Crippen molar-refractivity contribution in [1.29, 1.82) is 0 Å². The Morgan fingerprint density at radius 2 is 2.06 bits per heavy atom. The van der Waals surface area contributed by atoms with Gasteiger partial charge in [0.15, 0.2) is 0 Å². The van der Waals surface area contributed by atoms with Crippen LogP contribution in [0.25, 0.3) is 0 Å². The van der Waals surface area contributed by atoms with Gasteiger partial charge in [-0.2, -0.15) is 0 Å². The number of nitrogens with zero attached hydrogens (tertiary/aromatic N) is 1. The Kier molecular flexibility index (Phi) is 5.25. The predicted molar refractivity (Wildman–Crippen MR) is 64.8 cm³/mol. The molecule has 1 aliphatic rings. The molecule has 17 heavy (non-hydrogen) atoms. The number of carbonyl (C=O) groups excluding carboxylic acids is 1. The first kappa shape index (κ1) is 13.8. The van der Waals surface area contributed by atoms with Crippen LogP contribution in [0.15, 0.2) is 0 Å². The fourth-order valence-electron chi connectivity index (χ4n) is 1.84. The van der Waals surface area contributed by atoms with E-state index in [9.17, 15) is 9.59 Å². The van der Waals surface area contributed by atoms with Gasteiger partial charge in [0.05, 0.1) is 6.42 Å². The Labute approximate surface area is 102 Å². The molecule has 5 heteroatoms. The van der Waals surface area contributed by atoms with Gasteiger partial charge < -0.3 is 15.3 Å². The minimum absolute atomic E-state index is 0.00493. The summed E-state index contributed by atoms with van der Waals surface area (Å²) in [7, 11) is 0. The van der Waals surface area contributed by atoms with Crippen LogP contribution in [0.3, 0.4) is 0 Å². The van der Waals surface area contributed by atoms with Crippen LogP contribution >= 0.6 is 0 Å². The van der Waals surface area contributed by atoms with E-state index >= 15 is 0 Å². The first-order valence-corrected chi connectivity index (χ1v) is 6.27. The maximum absolute atomic E-state index is 11.9. The molecule has 1 rings (SSSR count). The molecule has 1 saturated carbocycles. The molecule has 5 nitrogen and oxygen atoms in total. The fraction of sp³-hybridized carbons (Fsp3) is 0.833. The summed E-state index contributed by atoms with van der Waals surface area (Å²) in [6, 6.07) is -0.121. The molecule has 0 aromatic heterocycles. The van der Waals surface area contributed by atoms with Crippen LogP contribution < -0.4 is 5.32 Å². The lowest BCUT2D eigenvalue weighted by Crippen LogP contribution is -2.46. The molecule has 1 fully saturated rings. The second-order valence-corrected chi connectivity index (χ2v) is 4.91. The Hall–Kier alpha value is -1.26. The second-order valence-electron chi connectivity index (χ2n) is 4.91. The third kappa shape index (κ3) is 4.63. The van der Waals surface area contributed by atoms with Gasteiger partial charge in [-0.25, -0.2) is 4.79 Å². The molecule has 0 aromatic rings. The Balaban J connectivity index is 2.33. The molecule has 0 aromatic carbocycles. The molecule has 0 atom stereocenters. The summed E-state index contributed by atoms with van der Waals surface area (Å²) in [6.45, 7) is 4.77. The molecule has 98 valence electrons. The molecule has 0 spiro atoms. The smallest absolute Gasteiger partial charge is 0.317 e. The molecule has 0 bridgehead atoms. The highest BCUT2D eigenvalue weighted by Crippen LogP contribution is 2.25. The van der Waals surface area contributed by atoms with Crippen LogP contribution in [-0.4, -0.2) is 41.1 Å². The highest BCUT2D eigenvalue weighted by Gasteiger charge is 2.21. The van der Waals surface area contributed by atoms with Crippen molar-refractivity contribution in [3.05, 3.63) is 0 Å². The zero-order valence-corrected chi connectivity index (χ0v) is 10.6. The number of amides is 2. The van der Waals surface area contributed by atoms with Crippen LogP contribution in [0.2, 0.25) is 0 Å². The molecular weight excluding hydrogens is 220 g/mol. The van der Waals surface area contributed by atoms with E-state index in [0.717, 1.165) is 6.54 Å². The number of carboxylic acid groups (broad SMARTS) is 1. The largest absolute Gasteiger partial charge is 0.481 e. The standard InChI is InChI=1S/C12H22N2O3/c1-9(2)14(7-6-11(15)16)12(17)13-8-10-4-3-5-10/h9-10H,3-8H2,1-2H3,(H,13,17)(H,15,16). The van der Waals surface area contributed by atoms with Crippen molar-refractivity contribution in [3.8, 4) is 0 Å². The van der Waals surface area contributed by atoms with E-state index in [2.05, 4.69) is 5.32 Å². The molecule has 0 aliphatic heterocycles. The van der Waals surface area contributed by atoms with E-state index in [0.29, 0.717) is 5.92 Å². The number of nitrogens with one attached hydrogen (secondary N) is 1. The van der Waals surface area contributed by atoms with Crippen molar-refractivity contribution < 1.29 is 14.7 Å². The molecular formula is C12H22N2O3. The van der Waals surface area contributed by atoms with Gasteiger partial charge in [0.25, 0.3) is 0 Å². The lowest BCUT2D eigenvalue weighted by atomic mass is 9.85. The van der Waals surface area contributed by atoms with Gasteiger partial charge >= 0.3 is 12.0 Å². The van der Waals surface area contributed by atoms with Crippen molar-refractivity contribution in [2.45, 2.75) is 45.6 Å². The summed E-state index contributed by atoms with van der Waals surface area (Å²) >= 11 is 0. The summed E-state index contributed by atoms with van der Waals surface area (Å²) in [5.74, 6) is -0.255. The van der Waals surface area contributed by atoms with E-state index in [4.69, 9.17) is 5.11 Å². The van der Waals surface area contributed by atoms with Crippen LogP contribution in [-0.2, 0) is 4.79 Å². The number of rotatable bonds is 6. The van der Waals surface area contributed by atoms with Crippen LogP contribution in [0.5, 0.6) is 0 Å². The normalized spacial score (nSPS) is 15.5. The minimum Gasteiger partial charge on any atom is -0.481 e. The average molecular weight is 242 g/mol. The number of carboxylic acids is 1. The topological polar surface area (TPSA) is 69.6 Å². The van der Waals surface area contributed by atoms with Crippen LogP contribution in [0, 0.1) is 5.92 Å². The monoisotopic (exact) mass is 242 g/mol. The summed E-state index contributed by atoms with van der Waals surface area (Å²) in [5, 5.41) is 11.5. The Bertz CT molecular complexity index is 275. The van der Waals surface area contributed by atoms with E-state index in [1.807, 2.05) is 13.8 Å². The van der Waals surface area contributed by atoms with E-state index in [-0.39, 0.29) is 25.0 Å². The number of carbonyl (C=O) groups is 2. The number of hydrogen-bond acceptors (Lipinski definition) is 2. The highest BCUT2D eigenvalue weighted by molar-refractivity contribution is 5.75. The average Bonchev–Trinajstić information content (AvgIpc) is 2.14. The Morgan fingerprint density at radius 1 is 1.41 bits per heavy atom. The summed E-state index contributed by atoms with van der Waals surface area (Å²) in [5.41, 5.74) is 0. The first-order valence-electron chi connectivity index (χ1n) is 6.27. The molecule has 1 aliphatic carbocycles. The summed E-state index contributed by atoms with van der Waals surface area (Å²) in [4.78, 5) is 24.0. The second kappa shape index (κ2) is 6.47. The van der Waals surface area contributed by atoms with Crippen molar-refractivity contribution in [2.24, 2.45) is 5.92 Å². The summed E-state index contributed by atoms with van der Waals surface area (Å²) < 4.78 is 0. The third-order valence-corrected chi connectivity index (χ3v) is 3.22. The molecule has 2 N–H and O–H groups in total. The Morgan fingerprint density at radius 3 is 2.47 bits per heavy atom. The first-order chi connectivity index (χ1) is 8.00. The quantitative estimate of drug-likeness (QED) is 0.744. The number of aliphatic carboxylic acids is 1. The van der Waals surface area contributed by atoms with Crippen molar-refractivity contribution in [1.82, 2.24) is 10.2 Å². The maximum Gasteiger partial charge on any atom is 0.317 e. The van der Waals surface area contributed by atoms with E-state index in [1.54, 1.807) is 4.90 Å². The summed E-state index contributed by atoms with van der Waals surface area (Å²) in [6.07, 6.45) is 3.64. The van der Waals surface area contributed by atoms with Crippen LogP contribution in [0.1, 0.15) is 39.5 Å². The van der Waals surface area contributed by atoms with Crippen molar-refractivity contribution in [3.63, 3.8) is 0 Å². The lowest BCUT2D eigenvalue weighted by Gasteiger charge is -2.30. The lowest BCUT2D eigenvalue weighted by molar-refractivity contribution is -0.137. The van der Waals surface area contributed by atoms with Gasteiger partial charge in [-0.1, -0.05) is 6.42 Å². The van der Waals surface area contributed by atoms with Gasteiger partial charge in [0.1, 0.15) is 0 Å². The zero-order valence-electron chi connectivity index (χ0n) is 10.6. The zero-order chi connectivity index (χ0) is 12.8. The fourth-order valence-corrected chi connectivity index (χ4v) is 1.84. The molecule has 0 unspecified atom stereocenters. The van der Waals surface area contributed by atoms with Crippen molar-refractivity contribution >= 4 is 12.0 Å². The third-order valence-electron chi connectivity index (χ3n) is 3.22. The van der Waals surface area contributed by atoms with Gasteiger partial charge in [-0.05, 0) is 32.6 Å². The minimum atomic E-state index is -0.873. The number of urea groups is 1. The van der Waals surface area contributed by atoms with Crippen molar-refractivity contribution in [2.75, 3.05) is 13.1 Å². The van der Waals surface area contributed by atoms with E-state index in [1.165, 1.54) is 19.3 Å². The predicted octanol–water partition coefficient (Wildman–Crippen LogP) is 1.68. The maximum atomic E-state index is 11.9. The molecule has 0 radical (unpaired) electrons. The SMILES string of the molecule is CC(C)N(CCC(=O)O)C(=O)NCC1CCC1. The molecule has 2 amide bonds. The van der Waals surface area contributed by atoms with Gasteiger partial charge in [0.2, 0.25) is 0 Å². The molecule has 0 saturated heterocycles. The molecule has 0 heterocycles. The highest BCUT2D eigenvalue weighted by atomic mass is 16.4.